The molecule has 0 bridgehead atoms. The van der Waals surface area contributed by atoms with Gasteiger partial charge in [0.05, 0.1) is 0 Å². The van der Waals surface area contributed by atoms with Gasteiger partial charge in [-0.05, 0) is 0 Å². The molecule has 0 aromatic heterocycles. The van der Waals surface area contributed by atoms with Crippen molar-refractivity contribution >= 4 is 30.9 Å². The Hall–Kier alpha value is -3.23. The van der Waals surface area contributed by atoms with E-state index >= 15 is 17.6 Å². The normalized spacial score (nSPS) is 15.6. The maximum absolute atomic E-state index is 18.4. The van der Waals surface area contributed by atoms with Crippen molar-refractivity contribution in [2.24, 2.45) is 22.7 Å². The summed E-state index contributed by atoms with van der Waals surface area (Å²) in [6.07, 6.45) is 24.0. The Morgan fingerprint density at radius 2 is 0.918 bits per heavy atom. The number of amides is 2. The van der Waals surface area contributed by atoms with Crippen LogP contribution in [0.15, 0.2) is 72.9 Å². The zero-order chi connectivity index (χ0) is 45.1. The molecular formula is C52H74F4N2O2Ti. The van der Waals surface area contributed by atoms with E-state index in [4.69, 9.17) is 0 Å². The summed E-state index contributed by atoms with van der Waals surface area (Å²) in [6, 6.07) is 5.07. The van der Waals surface area contributed by atoms with Crippen LogP contribution in [0.3, 0.4) is 0 Å². The van der Waals surface area contributed by atoms with E-state index in [1.807, 2.05) is 65.8 Å². The Bertz CT molecular complexity index is 1770. The fourth-order valence-corrected chi connectivity index (χ4v) is 18.7. The number of carbonyl (C=O) groups is 2. The van der Waals surface area contributed by atoms with Crippen LogP contribution in [-0.2, 0) is 26.2 Å². The molecule has 2 aliphatic rings. The minimum atomic E-state index is -5.31. The molecule has 336 valence electrons. The molecule has 2 aromatic rings. The zero-order valence-corrected chi connectivity index (χ0v) is 40.4. The van der Waals surface area contributed by atoms with E-state index in [0.29, 0.717) is 12.8 Å². The standard InChI is InChI=1S/2C21H32F2NO.2C5H5.Ti/c2*1-6-9-10-16(8-3)15-24(20(25)21(4,5)13-7-2)19-12-11-17(22)14-18(19)23;2*1-2-4-5-3-1;/h2*11-12,16H,6-10,13,15H2,1-5H3;2*1-5H;. The van der Waals surface area contributed by atoms with Crippen LogP contribution in [0.2, 0.25) is 8.45 Å². The number of rotatable bonds is 24. The number of hydrogen-bond donors (Lipinski definition) is 0. The van der Waals surface area contributed by atoms with Crippen LogP contribution in [0.4, 0.5) is 28.9 Å². The van der Waals surface area contributed by atoms with Gasteiger partial charge in [-0.1, -0.05) is 0 Å². The van der Waals surface area contributed by atoms with Gasteiger partial charge in [0.15, 0.2) is 0 Å². The molecule has 0 aliphatic heterocycles. The summed E-state index contributed by atoms with van der Waals surface area (Å²) in [5.41, 5.74) is -1.84. The van der Waals surface area contributed by atoms with Gasteiger partial charge in [0, 0.05) is 0 Å². The molecule has 2 aromatic carbocycles. The first-order valence-electron chi connectivity index (χ1n) is 23.3. The molecule has 0 fully saturated rings. The van der Waals surface area contributed by atoms with Gasteiger partial charge >= 0.3 is 371 Å². The summed E-state index contributed by atoms with van der Waals surface area (Å²) in [4.78, 5) is 32.5. The van der Waals surface area contributed by atoms with Gasteiger partial charge in [-0.2, -0.15) is 0 Å². The van der Waals surface area contributed by atoms with Gasteiger partial charge in [0.1, 0.15) is 0 Å². The average molecular weight is 883 g/mol. The van der Waals surface area contributed by atoms with E-state index in [9.17, 15) is 9.59 Å². The molecule has 2 atom stereocenters. The van der Waals surface area contributed by atoms with Crippen molar-refractivity contribution in [3.63, 3.8) is 0 Å². The molecule has 4 nitrogen and oxygen atoms in total. The summed E-state index contributed by atoms with van der Waals surface area (Å²) >= 11 is -5.31. The second kappa shape index (κ2) is 22.4. The van der Waals surface area contributed by atoms with Crippen molar-refractivity contribution in [1.82, 2.24) is 0 Å². The van der Waals surface area contributed by atoms with Crippen LogP contribution in [0.1, 0.15) is 146 Å². The second-order valence-electron chi connectivity index (χ2n) is 18.9. The first kappa shape index (κ1) is 50.4. The number of unbranched alkanes of at least 4 members (excludes halogenated alkanes) is 2. The fraction of sp³-hybridized carbons (Fsp3) is 0.577. The second-order valence-corrected chi connectivity index (χ2v) is 25.3. The van der Waals surface area contributed by atoms with E-state index in [2.05, 4.69) is 27.7 Å². The van der Waals surface area contributed by atoms with Gasteiger partial charge < -0.3 is 0 Å². The number of allylic oxidation sites excluding steroid dienone is 8. The first-order valence-corrected chi connectivity index (χ1v) is 26.7. The van der Waals surface area contributed by atoms with Gasteiger partial charge in [-0.3, -0.25) is 0 Å². The Labute approximate surface area is 369 Å². The fourth-order valence-electron chi connectivity index (χ4n) is 9.87. The van der Waals surface area contributed by atoms with Crippen molar-refractivity contribution < 1.29 is 43.7 Å². The Morgan fingerprint density at radius 1 is 0.574 bits per heavy atom. The average Bonchev–Trinajstić information content (AvgIpc) is 3.97. The monoisotopic (exact) mass is 883 g/mol. The van der Waals surface area contributed by atoms with Gasteiger partial charge in [-0.15, -0.1) is 0 Å². The topological polar surface area (TPSA) is 40.6 Å². The van der Waals surface area contributed by atoms with Gasteiger partial charge in [0.25, 0.3) is 0 Å². The molecule has 2 aliphatic carbocycles. The summed E-state index contributed by atoms with van der Waals surface area (Å²) in [5, 5.41) is 0. The van der Waals surface area contributed by atoms with Gasteiger partial charge in [-0.25, -0.2) is 0 Å². The maximum atomic E-state index is 18.4. The summed E-state index contributed by atoms with van der Waals surface area (Å²) in [5.74, 6) is -4.10. The Balaban J connectivity index is 2.15. The molecular weight excluding hydrogens is 808 g/mol. The van der Waals surface area contributed by atoms with Gasteiger partial charge in [0.2, 0.25) is 0 Å². The molecule has 0 spiro atoms. The number of carbonyl (C=O) groups excluding carboxylic acids is 2. The predicted octanol–water partition coefficient (Wildman–Crippen LogP) is 13.9. The summed E-state index contributed by atoms with van der Waals surface area (Å²) in [7, 11) is 0. The zero-order valence-electron chi connectivity index (χ0n) is 38.9. The minimum absolute atomic E-state index is 0.0539. The Morgan fingerprint density at radius 3 is 1.21 bits per heavy atom. The van der Waals surface area contributed by atoms with Crippen LogP contribution in [0, 0.1) is 45.9 Å². The van der Waals surface area contributed by atoms with Crippen molar-refractivity contribution in [2.75, 3.05) is 22.9 Å². The van der Waals surface area contributed by atoms with Crippen molar-refractivity contribution in [2.45, 2.75) is 155 Å². The number of halogens is 4. The third kappa shape index (κ3) is 10.9. The summed E-state index contributed by atoms with van der Waals surface area (Å²) in [6.45, 7) is 20.3. The Kier molecular flexibility index (Phi) is 18.5. The number of anilines is 2. The molecule has 4 rings (SSSR count). The molecule has 61 heavy (non-hydrogen) atoms. The van der Waals surface area contributed by atoms with Crippen molar-refractivity contribution in [3.8, 4) is 0 Å². The molecule has 2 unspecified atom stereocenters. The SMILES string of the molecule is CCCCC(CC)CN(C(=O)C(C)(C)CCC)c1ccc(F)[c]([Ti]([c]2c(F)ccc(N(CC(CC)CCCC)C(=O)C(C)(C)CCC)c2F)([CH]2C=CC=C2)[CH]2C=CC=C2)c1F. The van der Waals surface area contributed by atoms with E-state index in [1.54, 1.807) is 24.3 Å². The van der Waals surface area contributed by atoms with E-state index in [0.717, 1.165) is 64.2 Å². The number of nitrogens with zero attached hydrogens (tertiary/aromatic N) is 2. The van der Waals surface area contributed by atoms with Crippen LogP contribution >= 0.6 is 0 Å². The molecule has 0 radical (unpaired) electrons. The summed E-state index contributed by atoms with van der Waals surface area (Å²) < 4.78 is 69.5. The third-order valence-electron chi connectivity index (χ3n) is 13.5. The van der Waals surface area contributed by atoms with Crippen LogP contribution < -0.4 is 17.5 Å². The number of benzene rings is 2. The van der Waals surface area contributed by atoms with Crippen LogP contribution in [-0.4, -0.2) is 24.9 Å². The molecule has 2 amide bonds. The third-order valence-corrected chi connectivity index (χ3v) is 22.0. The van der Waals surface area contributed by atoms with Crippen molar-refractivity contribution in [1.29, 1.82) is 0 Å². The van der Waals surface area contributed by atoms with E-state index in [-0.39, 0.29) is 55.9 Å². The first-order chi connectivity index (χ1) is 29.0. The molecule has 0 saturated carbocycles. The van der Waals surface area contributed by atoms with Crippen LogP contribution in [0.25, 0.3) is 0 Å². The molecule has 0 saturated heterocycles. The molecule has 0 heterocycles. The van der Waals surface area contributed by atoms with E-state index < -0.39 is 59.1 Å². The van der Waals surface area contributed by atoms with Crippen LogP contribution in [0.5, 0.6) is 0 Å². The van der Waals surface area contributed by atoms with E-state index in [1.165, 1.54) is 34.1 Å². The molecule has 0 N–H and O–H groups in total. The quantitative estimate of drug-likeness (QED) is 0.0778. The van der Waals surface area contributed by atoms with Crippen molar-refractivity contribution in [3.05, 3.63) is 96.1 Å². The molecule has 9 heteroatoms. The number of hydrogen-bond acceptors (Lipinski definition) is 2. The predicted molar refractivity (Wildman–Crippen MR) is 245 cm³/mol.